The first-order chi connectivity index (χ1) is 4.30. The molecule has 9 heavy (non-hydrogen) atoms. The maximum absolute atomic E-state index is 10.7. The average molecular weight is 127 g/mol. The maximum Gasteiger partial charge on any atom is 0.219 e. The Morgan fingerprint density at radius 1 is 1.78 bits per heavy atom. The fraction of sp³-hybridized carbons (Fsp3) is 0.667. The van der Waals surface area contributed by atoms with Crippen LogP contribution in [0.1, 0.15) is 6.92 Å². The van der Waals surface area contributed by atoms with Crippen molar-refractivity contribution in [1.29, 1.82) is 0 Å². The highest BCUT2D eigenvalue weighted by Gasteiger charge is 2.10. The quantitative estimate of drug-likeness (QED) is 0.480. The highest BCUT2D eigenvalue weighted by molar-refractivity contribution is 5.73. The van der Waals surface area contributed by atoms with Crippen molar-refractivity contribution in [2.75, 3.05) is 19.6 Å². The molecule has 51 valence electrons. The minimum Gasteiger partial charge on any atom is -0.340 e. The second-order valence-corrected chi connectivity index (χ2v) is 2.12. The van der Waals surface area contributed by atoms with Crippen molar-refractivity contribution >= 4 is 5.91 Å². The molecule has 0 aromatic rings. The van der Waals surface area contributed by atoms with Crippen LogP contribution in [0.25, 0.3) is 0 Å². The molecule has 0 aromatic carbocycles. The number of hydrogen-bond acceptors (Lipinski definition) is 2. The van der Waals surface area contributed by atoms with E-state index in [9.17, 15) is 4.79 Å². The predicted molar refractivity (Wildman–Crippen MR) is 34.6 cm³/mol. The number of nitrogens with zero attached hydrogens (tertiary/aromatic N) is 1. The molecule has 1 aliphatic heterocycles. The van der Waals surface area contributed by atoms with E-state index in [0.29, 0.717) is 0 Å². The van der Waals surface area contributed by atoms with Gasteiger partial charge in [-0.3, -0.25) is 4.79 Å². The molecule has 0 spiro atoms. The van der Waals surface area contributed by atoms with Crippen LogP contribution in [0.15, 0.2) is 0 Å². The third-order valence-corrected chi connectivity index (χ3v) is 1.43. The summed E-state index contributed by atoms with van der Waals surface area (Å²) < 4.78 is 0. The topological polar surface area (TPSA) is 32.3 Å². The fourth-order valence-corrected chi connectivity index (χ4v) is 0.854. The molecule has 3 nitrogen and oxygen atoms in total. The van der Waals surface area contributed by atoms with Crippen molar-refractivity contribution in [2.24, 2.45) is 0 Å². The lowest BCUT2D eigenvalue weighted by Gasteiger charge is -2.25. The lowest BCUT2D eigenvalue weighted by Crippen LogP contribution is -2.42. The zero-order valence-electron chi connectivity index (χ0n) is 5.55. The van der Waals surface area contributed by atoms with Gasteiger partial charge in [0.1, 0.15) is 0 Å². The van der Waals surface area contributed by atoms with Gasteiger partial charge in [0.25, 0.3) is 0 Å². The Hall–Kier alpha value is -0.570. The molecule has 3 heteroatoms. The van der Waals surface area contributed by atoms with Crippen molar-refractivity contribution in [3.63, 3.8) is 0 Å². The number of rotatable bonds is 0. The van der Waals surface area contributed by atoms with E-state index >= 15 is 0 Å². The SMILES string of the molecule is CC(=O)N1C[CH]NCC1. The van der Waals surface area contributed by atoms with E-state index in [1.807, 2.05) is 6.54 Å². The van der Waals surface area contributed by atoms with Gasteiger partial charge >= 0.3 is 0 Å². The Kier molecular flexibility index (Phi) is 2.05. The van der Waals surface area contributed by atoms with E-state index in [-0.39, 0.29) is 5.91 Å². The molecule has 1 saturated heterocycles. The molecule has 0 unspecified atom stereocenters. The molecule has 0 aromatic heterocycles. The molecule has 1 rings (SSSR count). The maximum atomic E-state index is 10.7. The van der Waals surface area contributed by atoms with Gasteiger partial charge in [-0.15, -0.1) is 0 Å². The number of carbonyl (C=O) groups excluding carboxylic acids is 1. The highest BCUT2D eigenvalue weighted by atomic mass is 16.2. The molecule has 0 atom stereocenters. The first-order valence-electron chi connectivity index (χ1n) is 3.11. The number of amides is 1. The number of nitrogens with one attached hydrogen (secondary N) is 1. The molecule has 0 aliphatic carbocycles. The fourth-order valence-electron chi connectivity index (χ4n) is 0.854. The van der Waals surface area contributed by atoms with E-state index in [2.05, 4.69) is 5.32 Å². The summed E-state index contributed by atoms with van der Waals surface area (Å²) in [7, 11) is 0. The Morgan fingerprint density at radius 2 is 2.56 bits per heavy atom. The van der Waals surface area contributed by atoms with E-state index < -0.39 is 0 Å². The molecule has 1 amide bonds. The second-order valence-electron chi connectivity index (χ2n) is 2.12. The van der Waals surface area contributed by atoms with Gasteiger partial charge in [0, 0.05) is 33.1 Å². The minimum atomic E-state index is 0.160. The zero-order valence-corrected chi connectivity index (χ0v) is 5.55. The monoisotopic (exact) mass is 127 g/mol. The van der Waals surface area contributed by atoms with Crippen molar-refractivity contribution < 1.29 is 4.79 Å². The molecule has 1 N–H and O–H groups in total. The summed E-state index contributed by atoms with van der Waals surface area (Å²) in [5, 5.41) is 3.05. The van der Waals surface area contributed by atoms with E-state index in [4.69, 9.17) is 0 Å². The van der Waals surface area contributed by atoms with Crippen LogP contribution >= 0.6 is 0 Å². The van der Waals surface area contributed by atoms with Gasteiger partial charge in [0.15, 0.2) is 0 Å². The number of carbonyl (C=O) groups is 1. The normalized spacial score (nSPS) is 19.9. The standard InChI is InChI=1S/C6H11N2O/c1-6(9)8-4-2-7-3-5-8/h2,7H,3-5H2,1H3. The molecule has 1 fully saturated rings. The number of piperazine rings is 1. The predicted octanol–water partition coefficient (Wildman–Crippen LogP) is -0.400. The van der Waals surface area contributed by atoms with Crippen LogP contribution < -0.4 is 5.32 Å². The van der Waals surface area contributed by atoms with Crippen LogP contribution in [0.5, 0.6) is 0 Å². The lowest BCUT2D eigenvalue weighted by atomic mass is 10.4. The van der Waals surface area contributed by atoms with Crippen LogP contribution in [-0.4, -0.2) is 30.4 Å². The molecule has 1 aliphatic rings. The molecular weight excluding hydrogens is 116 g/mol. The summed E-state index contributed by atoms with van der Waals surface area (Å²) in [6.45, 7) is 5.98. The largest absolute Gasteiger partial charge is 0.340 e. The Bertz CT molecular complexity index is 108. The van der Waals surface area contributed by atoms with Crippen LogP contribution in [0.3, 0.4) is 0 Å². The second kappa shape index (κ2) is 2.82. The van der Waals surface area contributed by atoms with Crippen molar-refractivity contribution in [3.05, 3.63) is 6.54 Å². The summed E-state index contributed by atoms with van der Waals surface area (Å²) in [6.07, 6.45) is 0. The summed E-state index contributed by atoms with van der Waals surface area (Å²) >= 11 is 0. The molecule has 0 bridgehead atoms. The Balaban J connectivity index is 2.31. The molecular formula is C6H11N2O. The summed E-state index contributed by atoms with van der Waals surface area (Å²) in [6, 6.07) is 0. The zero-order chi connectivity index (χ0) is 6.69. The molecule has 1 heterocycles. The summed E-state index contributed by atoms with van der Waals surface area (Å²) in [4.78, 5) is 12.5. The van der Waals surface area contributed by atoms with Crippen molar-refractivity contribution in [2.45, 2.75) is 6.92 Å². The van der Waals surface area contributed by atoms with Gasteiger partial charge in [0.05, 0.1) is 0 Å². The summed E-state index contributed by atoms with van der Waals surface area (Å²) in [5.41, 5.74) is 0. The Labute approximate surface area is 55.0 Å². The van der Waals surface area contributed by atoms with Gasteiger partial charge in [0.2, 0.25) is 5.91 Å². The molecule has 1 radical (unpaired) electrons. The van der Waals surface area contributed by atoms with Gasteiger partial charge in [-0.05, 0) is 0 Å². The lowest BCUT2D eigenvalue weighted by molar-refractivity contribution is -0.128. The minimum absolute atomic E-state index is 0.160. The van der Waals surface area contributed by atoms with E-state index in [1.165, 1.54) is 0 Å². The van der Waals surface area contributed by atoms with Crippen LogP contribution in [0.2, 0.25) is 0 Å². The highest BCUT2D eigenvalue weighted by Crippen LogP contribution is 1.93. The third-order valence-electron chi connectivity index (χ3n) is 1.43. The van der Waals surface area contributed by atoms with Gasteiger partial charge in [-0.25, -0.2) is 0 Å². The smallest absolute Gasteiger partial charge is 0.219 e. The van der Waals surface area contributed by atoms with Crippen LogP contribution in [0.4, 0.5) is 0 Å². The van der Waals surface area contributed by atoms with Crippen LogP contribution in [-0.2, 0) is 4.79 Å². The first-order valence-corrected chi connectivity index (χ1v) is 3.11. The van der Waals surface area contributed by atoms with Crippen molar-refractivity contribution in [3.8, 4) is 0 Å². The van der Waals surface area contributed by atoms with Crippen molar-refractivity contribution in [1.82, 2.24) is 10.2 Å². The van der Waals surface area contributed by atoms with Crippen LogP contribution in [0, 0.1) is 6.54 Å². The third kappa shape index (κ3) is 1.68. The van der Waals surface area contributed by atoms with E-state index in [1.54, 1.807) is 11.8 Å². The Morgan fingerprint density at radius 3 is 2.89 bits per heavy atom. The molecule has 0 saturated carbocycles. The number of hydrogen-bond donors (Lipinski definition) is 1. The summed E-state index contributed by atoms with van der Waals surface area (Å²) in [5.74, 6) is 0.160. The first kappa shape index (κ1) is 6.55. The van der Waals surface area contributed by atoms with Gasteiger partial charge in [-0.2, -0.15) is 0 Å². The van der Waals surface area contributed by atoms with Gasteiger partial charge in [-0.1, -0.05) is 0 Å². The van der Waals surface area contributed by atoms with Gasteiger partial charge < -0.3 is 10.2 Å². The average Bonchev–Trinajstić information content (AvgIpc) is 1.90. The van der Waals surface area contributed by atoms with E-state index in [0.717, 1.165) is 19.6 Å².